The fraction of sp³-hybridized carbons (Fsp3) is 0.150. The van der Waals surface area contributed by atoms with Crippen molar-refractivity contribution in [2.24, 2.45) is 0 Å². The summed E-state index contributed by atoms with van der Waals surface area (Å²) in [6.45, 7) is 2.27. The molecule has 0 fully saturated rings. The normalized spacial score (nSPS) is 13.2. The molecule has 0 bridgehead atoms. The Labute approximate surface area is 159 Å². The molecule has 4 rings (SSSR count). The summed E-state index contributed by atoms with van der Waals surface area (Å²) in [4.78, 5) is 29.7. The summed E-state index contributed by atoms with van der Waals surface area (Å²) in [5, 5.41) is 12.0. The zero-order valence-corrected chi connectivity index (χ0v) is 15.3. The van der Waals surface area contributed by atoms with Crippen LogP contribution in [0.3, 0.4) is 0 Å². The third-order valence-electron chi connectivity index (χ3n) is 4.36. The van der Waals surface area contributed by atoms with E-state index in [0.717, 1.165) is 21.8 Å². The Morgan fingerprint density at radius 3 is 2.70 bits per heavy atom. The van der Waals surface area contributed by atoms with Crippen LogP contribution in [-0.2, 0) is 11.3 Å². The number of carbonyl (C=O) groups is 2. The van der Waals surface area contributed by atoms with Crippen LogP contribution in [0.2, 0.25) is 0 Å². The number of aromatic nitrogens is 1. The summed E-state index contributed by atoms with van der Waals surface area (Å²) in [7, 11) is 0. The van der Waals surface area contributed by atoms with Gasteiger partial charge in [-0.25, -0.2) is 9.78 Å². The number of carbonyl (C=O) groups excluding carboxylic acids is 1. The van der Waals surface area contributed by atoms with Gasteiger partial charge in [-0.2, -0.15) is 0 Å². The number of amides is 1. The molecule has 2 heterocycles. The average Bonchev–Trinajstić information content (AvgIpc) is 3.10. The molecular weight excluding hydrogens is 364 g/mol. The van der Waals surface area contributed by atoms with Gasteiger partial charge in [0.05, 0.1) is 28.5 Å². The van der Waals surface area contributed by atoms with Gasteiger partial charge in [0.1, 0.15) is 5.75 Å². The molecule has 0 aliphatic carbocycles. The van der Waals surface area contributed by atoms with Gasteiger partial charge < -0.3 is 14.7 Å². The van der Waals surface area contributed by atoms with Gasteiger partial charge in [-0.05, 0) is 42.8 Å². The lowest BCUT2D eigenvalue weighted by molar-refractivity contribution is -0.121. The molecule has 1 aliphatic heterocycles. The monoisotopic (exact) mass is 380 g/mol. The summed E-state index contributed by atoms with van der Waals surface area (Å²) < 4.78 is 5.56. The number of fused-ring (bicyclic) bond motifs is 1. The van der Waals surface area contributed by atoms with Crippen LogP contribution in [0.15, 0.2) is 47.8 Å². The second-order valence-corrected chi connectivity index (χ2v) is 7.27. The fourth-order valence-corrected chi connectivity index (χ4v) is 3.59. The minimum Gasteiger partial charge on any atom is -0.482 e. The van der Waals surface area contributed by atoms with E-state index in [4.69, 9.17) is 9.84 Å². The van der Waals surface area contributed by atoms with Gasteiger partial charge in [0.15, 0.2) is 6.61 Å². The maximum absolute atomic E-state index is 12.5. The number of anilines is 1. The minimum absolute atomic E-state index is 0.0185. The van der Waals surface area contributed by atoms with Crippen molar-refractivity contribution < 1.29 is 19.4 Å². The molecule has 0 radical (unpaired) electrons. The van der Waals surface area contributed by atoms with Gasteiger partial charge in [-0.15, -0.1) is 11.3 Å². The van der Waals surface area contributed by atoms with E-state index >= 15 is 0 Å². The third kappa shape index (κ3) is 3.41. The zero-order valence-electron chi connectivity index (χ0n) is 14.5. The SMILES string of the molecule is Cc1nc(-c2ccc3c(c2)N(Cc2ccc(C(=O)O)cc2)C(=O)CO3)cs1. The molecule has 1 amide bonds. The first-order valence-electron chi connectivity index (χ1n) is 8.33. The van der Waals surface area contributed by atoms with E-state index in [-0.39, 0.29) is 18.1 Å². The first-order valence-corrected chi connectivity index (χ1v) is 9.21. The van der Waals surface area contributed by atoms with Crippen molar-refractivity contribution in [2.75, 3.05) is 11.5 Å². The molecule has 0 unspecified atom stereocenters. The van der Waals surface area contributed by atoms with Crippen molar-refractivity contribution in [3.8, 4) is 17.0 Å². The van der Waals surface area contributed by atoms with Gasteiger partial charge in [0, 0.05) is 10.9 Å². The number of carboxylic acids is 1. The number of ether oxygens (including phenoxy) is 1. The molecule has 0 saturated carbocycles. The highest BCUT2D eigenvalue weighted by Crippen LogP contribution is 2.37. The molecule has 1 aliphatic rings. The van der Waals surface area contributed by atoms with Gasteiger partial charge >= 0.3 is 5.97 Å². The van der Waals surface area contributed by atoms with E-state index in [1.54, 1.807) is 28.4 Å². The predicted molar refractivity (Wildman–Crippen MR) is 102 cm³/mol. The number of benzene rings is 2. The number of aryl methyl sites for hydroxylation is 1. The van der Waals surface area contributed by atoms with Crippen molar-refractivity contribution in [2.45, 2.75) is 13.5 Å². The van der Waals surface area contributed by atoms with E-state index in [1.807, 2.05) is 30.5 Å². The van der Waals surface area contributed by atoms with Crippen LogP contribution in [-0.4, -0.2) is 28.6 Å². The molecule has 0 saturated heterocycles. The lowest BCUT2D eigenvalue weighted by Gasteiger charge is -2.30. The van der Waals surface area contributed by atoms with Gasteiger partial charge in [-0.3, -0.25) is 4.79 Å². The molecule has 7 heteroatoms. The van der Waals surface area contributed by atoms with Gasteiger partial charge in [-0.1, -0.05) is 12.1 Å². The second-order valence-electron chi connectivity index (χ2n) is 6.20. The van der Waals surface area contributed by atoms with E-state index < -0.39 is 5.97 Å². The number of thiazole rings is 1. The highest BCUT2D eigenvalue weighted by atomic mass is 32.1. The third-order valence-corrected chi connectivity index (χ3v) is 5.13. The molecule has 1 aromatic heterocycles. The molecule has 136 valence electrons. The lowest BCUT2D eigenvalue weighted by Crippen LogP contribution is -2.38. The molecule has 0 atom stereocenters. The van der Waals surface area contributed by atoms with Crippen molar-refractivity contribution in [1.29, 1.82) is 0 Å². The quantitative estimate of drug-likeness (QED) is 0.746. The van der Waals surface area contributed by atoms with Crippen LogP contribution >= 0.6 is 11.3 Å². The minimum atomic E-state index is -0.974. The fourth-order valence-electron chi connectivity index (χ4n) is 2.97. The van der Waals surface area contributed by atoms with Gasteiger partial charge in [0.25, 0.3) is 5.91 Å². The topological polar surface area (TPSA) is 79.7 Å². The summed E-state index contributed by atoms with van der Waals surface area (Å²) in [6.07, 6.45) is 0. The van der Waals surface area contributed by atoms with Crippen molar-refractivity contribution in [3.05, 3.63) is 64.0 Å². The Morgan fingerprint density at radius 2 is 2.04 bits per heavy atom. The van der Waals surface area contributed by atoms with Crippen LogP contribution in [0.5, 0.6) is 5.75 Å². The molecule has 3 aromatic rings. The molecular formula is C20H16N2O4S. The molecule has 6 nitrogen and oxygen atoms in total. The number of rotatable bonds is 4. The Bertz CT molecular complexity index is 1030. The Morgan fingerprint density at radius 1 is 1.26 bits per heavy atom. The zero-order chi connectivity index (χ0) is 19.0. The number of aromatic carboxylic acids is 1. The van der Waals surface area contributed by atoms with E-state index in [0.29, 0.717) is 18.0 Å². The Hall–Kier alpha value is -3.19. The van der Waals surface area contributed by atoms with Crippen molar-refractivity contribution in [3.63, 3.8) is 0 Å². The smallest absolute Gasteiger partial charge is 0.335 e. The van der Waals surface area contributed by atoms with Crippen molar-refractivity contribution in [1.82, 2.24) is 4.98 Å². The molecule has 1 N–H and O–H groups in total. The van der Waals surface area contributed by atoms with Crippen LogP contribution in [0.1, 0.15) is 20.9 Å². The maximum atomic E-state index is 12.5. The predicted octanol–water partition coefficient (Wildman–Crippen LogP) is 3.74. The van der Waals surface area contributed by atoms with Crippen molar-refractivity contribution >= 4 is 28.9 Å². The number of hydrogen-bond acceptors (Lipinski definition) is 5. The summed E-state index contributed by atoms with van der Waals surface area (Å²) >= 11 is 1.57. The number of carboxylic acid groups (broad SMARTS) is 1. The Balaban J connectivity index is 1.67. The number of nitrogens with zero attached hydrogens (tertiary/aromatic N) is 2. The average molecular weight is 380 g/mol. The maximum Gasteiger partial charge on any atom is 0.335 e. The van der Waals surface area contributed by atoms with Crippen LogP contribution < -0.4 is 9.64 Å². The number of hydrogen-bond donors (Lipinski definition) is 1. The lowest BCUT2D eigenvalue weighted by atomic mass is 10.1. The van der Waals surface area contributed by atoms with Gasteiger partial charge in [0.2, 0.25) is 0 Å². The second kappa shape index (κ2) is 6.85. The molecule has 2 aromatic carbocycles. The summed E-state index contributed by atoms with van der Waals surface area (Å²) in [5.41, 5.74) is 3.54. The van der Waals surface area contributed by atoms with E-state index in [9.17, 15) is 9.59 Å². The summed E-state index contributed by atoms with van der Waals surface area (Å²) in [6, 6.07) is 12.2. The van der Waals surface area contributed by atoms with Crippen LogP contribution in [0, 0.1) is 6.92 Å². The summed E-state index contributed by atoms with van der Waals surface area (Å²) in [5.74, 6) is -0.471. The van der Waals surface area contributed by atoms with E-state index in [2.05, 4.69) is 4.98 Å². The van der Waals surface area contributed by atoms with Crippen LogP contribution in [0.4, 0.5) is 5.69 Å². The first-order chi connectivity index (χ1) is 13.0. The first kappa shape index (κ1) is 17.2. The molecule has 27 heavy (non-hydrogen) atoms. The van der Waals surface area contributed by atoms with E-state index in [1.165, 1.54) is 12.1 Å². The molecule has 0 spiro atoms. The standard InChI is InChI=1S/C20H16N2O4S/c1-12-21-16(11-27-12)15-6-7-18-17(8-15)22(19(23)10-26-18)9-13-2-4-14(5-3-13)20(24)25/h2-8,11H,9-10H2,1H3,(H,24,25). The highest BCUT2D eigenvalue weighted by Gasteiger charge is 2.26. The largest absolute Gasteiger partial charge is 0.482 e. The highest BCUT2D eigenvalue weighted by molar-refractivity contribution is 7.09. The Kier molecular flexibility index (Phi) is 4.37. The van der Waals surface area contributed by atoms with Crippen LogP contribution in [0.25, 0.3) is 11.3 Å².